The third-order valence-electron chi connectivity index (χ3n) is 4.73. The molecule has 1 amide bonds. The van der Waals surface area contributed by atoms with Crippen molar-refractivity contribution >= 4 is 29.0 Å². The second-order valence-corrected chi connectivity index (χ2v) is 8.16. The van der Waals surface area contributed by atoms with Crippen molar-refractivity contribution in [3.63, 3.8) is 0 Å². The molecule has 9 heteroatoms. The number of thioether (sulfide) groups is 1. The summed E-state index contributed by atoms with van der Waals surface area (Å²) in [6, 6.07) is 22.4. The van der Waals surface area contributed by atoms with E-state index >= 15 is 0 Å². The van der Waals surface area contributed by atoms with E-state index in [-0.39, 0.29) is 23.2 Å². The maximum absolute atomic E-state index is 13.2. The van der Waals surface area contributed by atoms with Crippen molar-refractivity contribution in [1.29, 1.82) is 0 Å². The van der Waals surface area contributed by atoms with Crippen LogP contribution in [0.15, 0.2) is 84.0 Å². The van der Waals surface area contributed by atoms with Crippen LogP contribution in [0, 0.1) is 5.82 Å². The molecule has 0 spiro atoms. The molecule has 0 saturated carbocycles. The minimum absolute atomic E-state index is 0.0846. The highest BCUT2D eigenvalue weighted by atomic mass is 32.2. The zero-order chi connectivity index (χ0) is 23.0. The number of halogens is 1. The summed E-state index contributed by atoms with van der Waals surface area (Å²) >= 11 is 1.28. The molecule has 0 radical (unpaired) electrons. The monoisotopic (exact) mass is 463 g/mol. The van der Waals surface area contributed by atoms with Crippen molar-refractivity contribution in [2.75, 3.05) is 16.4 Å². The number of carbonyl (C=O) groups is 1. The molecular weight excluding hydrogens is 441 g/mol. The average Bonchev–Trinajstić information content (AvgIpc) is 3.19. The quantitative estimate of drug-likeness (QED) is 0.316. The van der Waals surface area contributed by atoms with Crippen molar-refractivity contribution in [3.05, 3.63) is 96.1 Å². The van der Waals surface area contributed by atoms with Gasteiger partial charge in [-0.3, -0.25) is 4.79 Å². The van der Waals surface area contributed by atoms with Gasteiger partial charge in [0, 0.05) is 17.4 Å². The van der Waals surface area contributed by atoms with Gasteiger partial charge in [0.2, 0.25) is 5.91 Å². The van der Waals surface area contributed by atoms with E-state index in [0.29, 0.717) is 29.8 Å². The fourth-order valence-electron chi connectivity index (χ4n) is 3.14. The van der Waals surface area contributed by atoms with Gasteiger partial charge >= 0.3 is 0 Å². The summed E-state index contributed by atoms with van der Waals surface area (Å²) < 4.78 is 15.1. The zero-order valence-corrected chi connectivity index (χ0v) is 18.4. The van der Waals surface area contributed by atoms with E-state index < -0.39 is 0 Å². The van der Waals surface area contributed by atoms with Crippen molar-refractivity contribution in [1.82, 2.24) is 14.8 Å². The van der Waals surface area contributed by atoms with Gasteiger partial charge in [-0.1, -0.05) is 48.2 Å². The molecule has 0 aliphatic heterocycles. The molecule has 0 aliphatic rings. The predicted molar refractivity (Wildman–Crippen MR) is 127 cm³/mol. The van der Waals surface area contributed by atoms with Gasteiger partial charge < -0.3 is 20.3 Å². The Labute approximate surface area is 194 Å². The van der Waals surface area contributed by atoms with E-state index in [9.17, 15) is 14.3 Å². The predicted octanol–water partition coefficient (Wildman–Crippen LogP) is 4.51. The number of benzene rings is 3. The van der Waals surface area contributed by atoms with Crippen LogP contribution in [-0.4, -0.2) is 31.5 Å². The molecule has 0 saturated heterocycles. The van der Waals surface area contributed by atoms with Crippen LogP contribution in [-0.2, 0) is 17.9 Å². The molecule has 4 aromatic rings. The number of phenolic OH excluding ortho intramolecular Hbond substituents is 1. The number of hydrogen-bond donors (Lipinski definition) is 3. The molecule has 33 heavy (non-hydrogen) atoms. The lowest BCUT2D eigenvalue weighted by atomic mass is 10.2. The van der Waals surface area contributed by atoms with Gasteiger partial charge in [-0.2, -0.15) is 0 Å². The van der Waals surface area contributed by atoms with E-state index in [2.05, 4.69) is 20.8 Å². The van der Waals surface area contributed by atoms with Crippen LogP contribution in [0.3, 0.4) is 0 Å². The smallest absolute Gasteiger partial charge is 0.234 e. The van der Waals surface area contributed by atoms with Crippen molar-refractivity contribution < 1.29 is 14.3 Å². The number of phenols is 1. The molecule has 3 N–H and O–H groups in total. The Bertz CT molecular complexity index is 1220. The lowest BCUT2D eigenvalue weighted by Gasteiger charge is -2.12. The fourth-order valence-corrected chi connectivity index (χ4v) is 3.90. The summed E-state index contributed by atoms with van der Waals surface area (Å²) in [5, 5.41) is 24.8. The minimum atomic E-state index is -0.296. The zero-order valence-electron chi connectivity index (χ0n) is 17.6. The summed E-state index contributed by atoms with van der Waals surface area (Å²) in [5.74, 6) is 0.398. The van der Waals surface area contributed by atoms with Crippen LogP contribution in [0.2, 0.25) is 0 Å². The Kier molecular flexibility index (Phi) is 7.21. The summed E-state index contributed by atoms with van der Waals surface area (Å²) in [6.45, 7) is 0.937. The third-order valence-corrected chi connectivity index (χ3v) is 5.70. The van der Waals surface area contributed by atoms with Crippen molar-refractivity contribution in [2.45, 2.75) is 18.2 Å². The highest BCUT2D eigenvalue weighted by molar-refractivity contribution is 7.99. The molecule has 0 unspecified atom stereocenters. The maximum Gasteiger partial charge on any atom is 0.234 e. The van der Waals surface area contributed by atoms with Gasteiger partial charge in [-0.15, -0.1) is 10.2 Å². The summed E-state index contributed by atoms with van der Waals surface area (Å²) in [5.41, 5.74) is 2.37. The van der Waals surface area contributed by atoms with Crippen LogP contribution in [0.4, 0.5) is 15.8 Å². The molecule has 0 atom stereocenters. The minimum Gasteiger partial charge on any atom is -0.508 e. The van der Waals surface area contributed by atoms with Crippen LogP contribution < -0.4 is 10.6 Å². The Morgan fingerprint density at radius 2 is 1.76 bits per heavy atom. The van der Waals surface area contributed by atoms with Gasteiger partial charge in [0.1, 0.15) is 11.6 Å². The molecule has 3 aromatic carbocycles. The summed E-state index contributed by atoms with van der Waals surface area (Å²) in [6.07, 6.45) is 0. The van der Waals surface area contributed by atoms with E-state index in [1.807, 2.05) is 34.9 Å². The number of hydrogen-bond acceptors (Lipinski definition) is 6. The van der Waals surface area contributed by atoms with Crippen LogP contribution >= 0.6 is 11.8 Å². The van der Waals surface area contributed by atoms with Crippen molar-refractivity contribution in [3.8, 4) is 5.75 Å². The first kappa shape index (κ1) is 22.3. The summed E-state index contributed by atoms with van der Waals surface area (Å²) in [4.78, 5) is 12.4. The molecule has 168 valence electrons. The van der Waals surface area contributed by atoms with Gasteiger partial charge in [-0.25, -0.2) is 4.39 Å². The van der Waals surface area contributed by atoms with Crippen LogP contribution in [0.1, 0.15) is 11.4 Å². The first-order valence-corrected chi connectivity index (χ1v) is 11.2. The SMILES string of the molecule is O=C(CSc1nnc(CNc2ccc(F)cc2)n1Cc1ccccc1)Nc1cccc(O)c1. The van der Waals surface area contributed by atoms with Gasteiger partial charge in [0.15, 0.2) is 11.0 Å². The number of aromatic hydroxyl groups is 1. The van der Waals surface area contributed by atoms with Crippen molar-refractivity contribution in [2.24, 2.45) is 0 Å². The largest absolute Gasteiger partial charge is 0.508 e. The molecule has 4 rings (SSSR count). The van der Waals surface area contributed by atoms with Gasteiger partial charge in [-0.05, 0) is 42.0 Å². The Hall–Kier alpha value is -3.85. The number of amides is 1. The van der Waals surface area contributed by atoms with E-state index in [1.54, 1.807) is 24.3 Å². The first-order chi connectivity index (χ1) is 16.1. The van der Waals surface area contributed by atoms with Crippen LogP contribution in [0.25, 0.3) is 0 Å². The highest BCUT2D eigenvalue weighted by Crippen LogP contribution is 2.21. The topological polar surface area (TPSA) is 92.1 Å². The lowest BCUT2D eigenvalue weighted by Crippen LogP contribution is -2.15. The summed E-state index contributed by atoms with van der Waals surface area (Å²) in [7, 11) is 0. The molecule has 1 aromatic heterocycles. The number of rotatable bonds is 9. The number of nitrogens with one attached hydrogen (secondary N) is 2. The number of anilines is 2. The molecule has 0 bridgehead atoms. The molecule has 7 nitrogen and oxygen atoms in total. The standard InChI is InChI=1S/C24H22FN5O2S/c25-18-9-11-19(12-10-18)26-14-22-28-29-24(30(22)15-17-5-2-1-3-6-17)33-16-23(32)27-20-7-4-8-21(31)13-20/h1-13,26,31H,14-16H2,(H,27,32). The third kappa shape index (κ3) is 6.33. The highest BCUT2D eigenvalue weighted by Gasteiger charge is 2.15. The first-order valence-electron chi connectivity index (χ1n) is 10.2. The Morgan fingerprint density at radius 1 is 0.970 bits per heavy atom. The Balaban J connectivity index is 1.46. The normalized spacial score (nSPS) is 10.7. The van der Waals surface area contributed by atoms with E-state index in [1.165, 1.54) is 36.0 Å². The van der Waals surface area contributed by atoms with Gasteiger partial charge in [0.25, 0.3) is 0 Å². The van der Waals surface area contributed by atoms with E-state index in [4.69, 9.17) is 0 Å². The molecule has 0 fully saturated rings. The lowest BCUT2D eigenvalue weighted by molar-refractivity contribution is -0.113. The number of carbonyl (C=O) groups excluding carboxylic acids is 1. The number of aromatic nitrogens is 3. The van der Waals surface area contributed by atoms with E-state index in [0.717, 1.165) is 11.3 Å². The van der Waals surface area contributed by atoms with Gasteiger partial charge in [0.05, 0.1) is 18.8 Å². The Morgan fingerprint density at radius 3 is 2.52 bits per heavy atom. The second kappa shape index (κ2) is 10.6. The second-order valence-electron chi connectivity index (χ2n) is 7.22. The molecule has 1 heterocycles. The molecule has 0 aliphatic carbocycles. The average molecular weight is 464 g/mol. The number of nitrogens with zero attached hydrogens (tertiary/aromatic N) is 3. The molecular formula is C24H22FN5O2S. The fraction of sp³-hybridized carbons (Fsp3) is 0.125. The van der Waals surface area contributed by atoms with Crippen LogP contribution in [0.5, 0.6) is 5.75 Å². The maximum atomic E-state index is 13.2.